The van der Waals surface area contributed by atoms with E-state index in [1.54, 1.807) is 6.07 Å². The lowest BCUT2D eigenvalue weighted by molar-refractivity contribution is 0.137. The fraction of sp³-hybridized carbons (Fsp3) is 0.625. The average Bonchev–Trinajstić information content (AvgIpc) is 2.38. The Hall–Kier alpha value is -0.640. The minimum atomic E-state index is -0.361. The van der Waals surface area contributed by atoms with Crippen molar-refractivity contribution in [1.82, 2.24) is 10.2 Å². The quantitative estimate of drug-likeness (QED) is 0.825. The number of hydrogen-bond acceptors (Lipinski definition) is 2. The van der Waals surface area contributed by atoms with Gasteiger partial charge in [0.1, 0.15) is 5.82 Å². The fourth-order valence-electron chi connectivity index (χ4n) is 2.10. The summed E-state index contributed by atoms with van der Waals surface area (Å²) in [5, 5.41) is 3.79. The summed E-state index contributed by atoms with van der Waals surface area (Å²) in [6.45, 7) is 7.55. The van der Waals surface area contributed by atoms with Crippen LogP contribution in [-0.4, -0.2) is 37.1 Å². The van der Waals surface area contributed by atoms with Crippen molar-refractivity contribution in [3.63, 3.8) is 0 Å². The molecule has 0 aliphatic heterocycles. The molecule has 0 saturated carbocycles. The van der Waals surface area contributed by atoms with Gasteiger partial charge in [0, 0.05) is 11.6 Å². The monoisotopic (exact) mass is 300 g/mol. The molecule has 0 radical (unpaired) electrons. The van der Waals surface area contributed by atoms with Gasteiger partial charge in [-0.25, -0.2) is 4.39 Å². The highest BCUT2D eigenvalue weighted by molar-refractivity contribution is 6.30. The van der Waals surface area contributed by atoms with E-state index in [2.05, 4.69) is 45.1 Å². The average molecular weight is 301 g/mol. The zero-order valence-electron chi connectivity index (χ0n) is 13.1. The van der Waals surface area contributed by atoms with E-state index in [0.29, 0.717) is 0 Å². The number of nitrogens with zero attached hydrogens (tertiary/aromatic N) is 1. The van der Waals surface area contributed by atoms with Gasteiger partial charge < -0.3 is 10.2 Å². The van der Waals surface area contributed by atoms with E-state index in [1.165, 1.54) is 6.07 Å². The van der Waals surface area contributed by atoms with Crippen molar-refractivity contribution in [1.29, 1.82) is 0 Å². The van der Waals surface area contributed by atoms with E-state index in [9.17, 15) is 4.39 Å². The Morgan fingerprint density at radius 1 is 1.35 bits per heavy atom. The Balaban J connectivity index is 2.91. The Kier molecular flexibility index (Phi) is 6.44. The molecule has 0 spiro atoms. The molecule has 20 heavy (non-hydrogen) atoms. The first-order chi connectivity index (χ1) is 9.28. The van der Waals surface area contributed by atoms with Crippen LogP contribution in [0.5, 0.6) is 0 Å². The normalized spacial score (nSPS) is 13.8. The maximum atomic E-state index is 13.2. The molecular formula is C16H26ClFN2. The Bertz CT molecular complexity index is 432. The highest BCUT2D eigenvalue weighted by Crippen LogP contribution is 2.22. The van der Waals surface area contributed by atoms with Gasteiger partial charge in [0.2, 0.25) is 0 Å². The topological polar surface area (TPSA) is 15.3 Å². The first-order valence-corrected chi connectivity index (χ1v) is 7.51. The lowest BCUT2D eigenvalue weighted by Crippen LogP contribution is -2.56. The Morgan fingerprint density at radius 3 is 2.50 bits per heavy atom. The Labute approximate surface area is 127 Å². The van der Waals surface area contributed by atoms with E-state index < -0.39 is 0 Å². The predicted molar refractivity (Wildman–Crippen MR) is 85.0 cm³/mol. The molecule has 1 N–H and O–H groups in total. The second-order valence-corrected chi connectivity index (χ2v) is 6.41. The van der Waals surface area contributed by atoms with Gasteiger partial charge in [0.15, 0.2) is 0 Å². The fourth-order valence-corrected chi connectivity index (χ4v) is 2.31. The van der Waals surface area contributed by atoms with Gasteiger partial charge in [-0.15, -0.1) is 0 Å². The third kappa shape index (κ3) is 4.44. The van der Waals surface area contributed by atoms with Crippen LogP contribution in [0, 0.1) is 5.82 Å². The summed E-state index contributed by atoms with van der Waals surface area (Å²) in [5.74, 6) is -0.361. The first-order valence-electron chi connectivity index (χ1n) is 7.13. The zero-order valence-corrected chi connectivity index (χ0v) is 13.9. The summed E-state index contributed by atoms with van der Waals surface area (Å²) in [4.78, 5) is 2.21. The zero-order chi connectivity index (χ0) is 15.3. The number of benzene rings is 1. The standard InChI is InChI=1S/C16H26ClFN2/c1-6-9-19-15(16(2,3)20(4)5)11-12-7-8-14(18)13(17)10-12/h7-8,10,15,19H,6,9,11H2,1-5H3. The van der Waals surface area contributed by atoms with E-state index in [1.807, 2.05) is 6.07 Å². The number of rotatable bonds is 7. The van der Waals surface area contributed by atoms with Crippen LogP contribution < -0.4 is 5.32 Å². The molecule has 0 fully saturated rings. The lowest BCUT2D eigenvalue weighted by Gasteiger charge is -2.41. The van der Waals surface area contributed by atoms with Crippen LogP contribution in [0.1, 0.15) is 32.8 Å². The van der Waals surface area contributed by atoms with Gasteiger partial charge in [0.05, 0.1) is 5.02 Å². The molecule has 0 bridgehead atoms. The molecule has 0 aliphatic carbocycles. The molecule has 0 amide bonds. The highest BCUT2D eigenvalue weighted by atomic mass is 35.5. The smallest absolute Gasteiger partial charge is 0.141 e. The lowest BCUT2D eigenvalue weighted by atomic mass is 9.88. The van der Waals surface area contributed by atoms with Crippen molar-refractivity contribution in [2.24, 2.45) is 0 Å². The molecule has 0 saturated heterocycles. The van der Waals surface area contributed by atoms with E-state index >= 15 is 0 Å². The molecule has 0 aliphatic rings. The summed E-state index contributed by atoms with van der Waals surface area (Å²) < 4.78 is 13.2. The van der Waals surface area contributed by atoms with Crippen molar-refractivity contribution in [3.8, 4) is 0 Å². The van der Waals surface area contributed by atoms with E-state index in [4.69, 9.17) is 11.6 Å². The number of nitrogens with one attached hydrogen (secondary N) is 1. The van der Waals surface area contributed by atoms with Gasteiger partial charge in [0.25, 0.3) is 0 Å². The predicted octanol–water partition coefficient (Wildman–Crippen LogP) is 3.73. The molecule has 1 unspecified atom stereocenters. The van der Waals surface area contributed by atoms with Gasteiger partial charge in [-0.05, 0) is 65.0 Å². The minimum Gasteiger partial charge on any atom is -0.312 e. The molecule has 1 aromatic rings. The van der Waals surface area contributed by atoms with Crippen LogP contribution in [0.4, 0.5) is 4.39 Å². The summed E-state index contributed by atoms with van der Waals surface area (Å²) in [6.07, 6.45) is 1.91. The van der Waals surface area contributed by atoms with Crippen molar-refractivity contribution < 1.29 is 4.39 Å². The highest BCUT2D eigenvalue weighted by Gasteiger charge is 2.31. The number of hydrogen-bond donors (Lipinski definition) is 1. The molecule has 1 rings (SSSR count). The number of likely N-dealkylation sites (N-methyl/N-ethyl adjacent to an activating group) is 1. The van der Waals surface area contributed by atoms with Crippen LogP contribution in [0.15, 0.2) is 18.2 Å². The SMILES string of the molecule is CCCNC(Cc1ccc(F)c(Cl)c1)C(C)(C)N(C)C. The maximum Gasteiger partial charge on any atom is 0.141 e. The molecular weight excluding hydrogens is 275 g/mol. The molecule has 0 aromatic heterocycles. The molecule has 1 aromatic carbocycles. The molecule has 2 nitrogen and oxygen atoms in total. The third-order valence-corrected chi connectivity index (χ3v) is 4.36. The summed E-state index contributed by atoms with van der Waals surface area (Å²) in [7, 11) is 4.16. The second kappa shape index (κ2) is 7.39. The van der Waals surface area contributed by atoms with Crippen molar-refractivity contribution >= 4 is 11.6 Å². The van der Waals surface area contributed by atoms with Crippen LogP contribution in [0.25, 0.3) is 0 Å². The van der Waals surface area contributed by atoms with Gasteiger partial charge in [-0.1, -0.05) is 24.6 Å². The molecule has 114 valence electrons. The van der Waals surface area contributed by atoms with Crippen molar-refractivity contribution in [2.45, 2.75) is 45.2 Å². The molecule has 1 atom stereocenters. The summed E-state index contributed by atoms with van der Waals surface area (Å²) in [5.41, 5.74) is 1.05. The molecule has 4 heteroatoms. The Morgan fingerprint density at radius 2 is 2.00 bits per heavy atom. The van der Waals surface area contributed by atoms with Crippen LogP contribution in [0.3, 0.4) is 0 Å². The van der Waals surface area contributed by atoms with Crippen LogP contribution in [-0.2, 0) is 6.42 Å². The van der Waals surface area contributed by atoms with Crippen LogP contribution >= 0.6 is 11.6 Å². The van der Waals surface area contributed by atoms with Crippen LogP contribution in [0.2, 0.25) is 5.02 Å². The van der Waals surface area contributed by atoms with Crippen molar-refractivity contribution in [2.75, 3.05) is 20.6 Å². The summed E-state index contributed by atoms with van der Waals surface area (Å²) >= 11 is 5.87. The van der Waals surface area contributed by atoms with Gasteiger partial charge >= 0.3 is 0 Å². The van der Waals surface area contributed by atoms with Gasteiger partial charge in [-0.2, -0.15) is 0 Å². The van der Waals surface area contributed by atoms with E-state index in [0.717, 1.165) is 24.9 Å². The van der Waals surface area contributed by atoms with Crippen molar-refractivity contribution in [3.05, 3.63) is 34.6 Å². The minimum absolute atomic E-state index is 0.00394. The van der Waals surface area contributed by atoms with E-state index in [-0.39, 0.29) is 22.4 Å². The van der Waals surface area contributed by atoms with Gasteiger partial charge in [-0.3, -0.25) is 0 Å². The second-order valence-electron chi connectivity index (χ2n) is 6.01. The molecule has 0 heterocycles. The number of halogens is 2. The summed E-state index contributed by atoms with van der Waals surface area (Å²) in [6, 6.07) is 5.26. The first kappa shape index (κ1) is 17.4. The third-order valence-electron chi connectivity index (χ3n) is 4.07. The largest absolute Gasteiger partial charge is 0.312 e. The maximum absolute atomic E-state index is 13.2.